The van der Waals surface area contributed by atoms with Gasteiger partial charge >= 0.3 is 12.1 Å². The SMILES string of the molecule is CSCCC(NC(=O)C1CC=CC(NC(=O)OCC2c3ccccc3-c3ccccc32)C1)C(=O)O. The lowest BCUT2D eigenvalue weighted by atomic mass is 9.90. The number of carboxylic acid groups (broad SMARTS) is 1. The fourth-order valence-corrected chi connectivity index (χ4v) is 5.26. The molecular formula is C27H30N2O5S. The summed E-state index contributed by atoms with van der Waals surface area (Å²) in [5.41, 5.74) is 4.62. The fraction of sp³-hybridized carbons (Fsp3) is 0.370. The zero-order valence-corrected chi connectivity index (χ0v) is 20.4. The molecule has 2 aliphatic carbocycles. The van der Waals surface area contributed by atoms with Crippen LogP contribution in [0.5, 0.6) is 0 Å². The van der Waals surface area contributed by atoms with Crippen molar-refractivity contribution in [2.24, 2.45) is 5.92 Å². The highest BCUT2D eigenvalue weighted by Crippen LogP contribution is 2.44. The highest BCUT2D eigenvalue weighted by Gasteiger charge is 2.31. The lowest BCUT2D eigenvalue weighted by Crippen LogP contribution is -2.46. The first-order chi connectivity index (χ1) is 17.0. The van der Waals surface area contributed by atoms with E-state index in [0.29, 0.717) is 25.0 Å². The van der Waals surface area contributed by atoms with Crippen molar-refractivity contribution in [1.29, 1.82) is 0 Å². The van der Waals surface area contributed by atoms with Gasteiger partial charge in [-0.05, 0) is 53.5 Å². The van der Waals surface area contributed by atoms with Crippen molar-refractivity contribution in [2.45, 2.75) is 37.3 Å². The predicted molar refractivity (Wildman–Crippen MR) is 136 cm³/mol. The van der Waals surface area contributed by atoms with Crippen LogP contribution in [0.4, 0.5) is 4.79 Å². The van der Waals surface area contributed by atoms with E-state index in [9.17, 15) is 19.5 Å². The van der Waals surface area contributed by atoms with Gasteiger partial charge in [-0.3, -0.25) is 4.79 Å². The maximum atomic E-state index is 12.7. The zero-order valence-electron chi connectivity index (χ0n) is 19.6. The molecule has 2 aromatic carbocycles. The minimum Gasteiger partial charge on any atom is -0.480 e. The molecule has 8 heteroatoms. The van der Waals surface area contributed by atoms with Crippen LogP contribution in [-0.4, -0.2) is 53.8 Å². The van der Waals surface area contributed by atoms with Crippen molar-refractivity contribution in [2.75, 3.05) is 18.6 Å². The van der Waals surface area contributed by atoms with Gasteiger partial charge in [0.25, 0.3) is 0 Å². The Kier molecular flexibility index (Phi) is 8.13. The molecule has 0 aliphatic heterocycles. The first-order valence-electron chi connectivity index (χ1n) is 11.8. The lowest BCUT2D eigenvalue weighted by molar-refractivity contribution is -0.142. The summed E-state index contributed by atoms with van der Waals surface area (Å²) < 4.78 is 5.61. The summed E-state index contributed by atoms with van der Waals surface area (Å²) >= 11 is 1.54. The van der Waals surface area contributed by atoms with Gasteiger partial charge in [0.2, 0.25) is 5.91 Å². The topological polar surface area (TPSA) is 105 Å². The Bertz CT molecular complexity index is 1070. The van der Waals surface area contributed by atoms with Gasteiger partial charge in [-0.1, -0.05) is 60.7 Å². The summed E-state index contributed by atoms with van der Waals surface area (Å²) in [7, 11) is 0. The largest absolute Gasteiger partial charge is 0.480 e. The van der Waals surface area contributed by atoms with Gasteiger partial charge in [-0.15, -0.1) is 0 Å². The fourth-order valence-electron chi connectivity index (χ4n) is 4.78. The molecule has 0 radical (unpaired) electrons. The molecule has 7 nitrogen and oxygen atoms in total. The molecular weight excluding hydrogens is 464 g/mol. The van der Waals surface area contributed by atoms with E-state index in [4.69, 9.17) is 4.74 Å². The standard InChI is InChI=1S/C27H30N2O5S/c1-35-14-13-24(26(31)32)29-25(30)17-7-6-8-18(15-17)28-27(33)34-16-23-21-11-4-2-9-19(21)20-10-3-5-12-22(20)23/h2-6,8-12,17-18,23-24H,7,13-16H2,1H3,(H,28,33)(H,29,30)(H,31,32). The number of amides is 2. The molecule has 2 aliphatic rings. The smallest absolute Gasteiger partial charge is 0.407 e. The third kappa shape index (κ3) is 5.88. The van der Waals surface area contributed by atoms with Crippen LogP contribution >= 0.6 is 11.8 Å². The van der Waals surface area contributed by atoms with Crippen molar-refractivity contribution < 1.29 is 24.2 Å². The summed E-state index contributed by atoms with van der Waals surface area (Å²) in [5, 5.41) is 14.9. The number of carbonyl (C=O) groups excluding carboxylic acids is 2. The maximum absolute atomic E-state index is 12.7. The number of aliphatic carboxylic acids is 1. The van der Waals surface area contributed by atoms with Crippen molar-refractivity contribution >= 4 is 29.7 Å². The van der Waals surface area contributed by atoms with E-state index in [1.54, 1.807) is 0 Å². The molecule has 0 spiro atoms. The Hall–Kier alpha value is -3.26. The molecule has 35 heavy (non-hydrogen) atoms. The zero-order chi connectivity index (χ0) is 24.8. The number of ether oxygens (including phenoxy) is 1. The number of nitrogens with one attached hydrogen (secondary N) is 2. The van der Waals surface area contributed by atoms with Gasteiger partial charge in [0.05, 0.1) is 6.04 Å². The van der Waals surface area contributed by atoms with E-state index in [1.165, 1.54) is 22.9 Å². The number of fused-ring (bicyclic) bond motifs is 3. The second-order valence-corrected chi connectivity index (χ2v) is 9.84. The van der Waals surface area contributed by atoms with Crippen molar-refractivity contribution in [3.8, 4) is 11.1 Å². The molecule has 3 unspecified atom stereocenters. The van der Waals surface area contributed by atoms with Crippen LogP contribution in [-0.2, 0) is 14.3 Å². The van der Waals surface area contributed by atoms with Gasteiger partial charge in [-0.25, -0.2) is 9.59 Å². The Morgan fingerprint density at radius 2 is 1.74 bits per heavy atom. The van der Waals surface area contributed by atoms with Gasteiger partial charge in [0.1, 0.15) is 12.6 Å². The van der Waals surface area contributed by atoms with E-state index in [2.05, 4.69) is 34.9 Å². The van der Waals surface area contributed by atoms with Gasteiger partial charge in [0.15, 0.2) is 0 Å². The molecule has 0 saturated heterocycles. The Morgan fingerprint density at radius 1 is 1.09 bits per heavy atom. The van der Waals surface area contributed by atoms with Crippen LogP contribution < -0.4 is 10.6 Å². The van der Waals surface area contributed by atoms with Crippen LogP contribution in [0, 0.1) is 5.92 Å². The van der Waals surface area contributed by atoms with Gasteiger partial charge in [-0.2, -0.15) is 11.8 Å². The summed E-state index contributed by atoms with van der Waals surface area (Å²) in [4.78, 5) is 36.7. The van der Waals surface area contributed by atoms with Crippen LogP contribution in [0.25, 0.3) is 11.1 Å². The van der Waals surface area contributed by atoms with Crippen LogP contribution in [0.15, 0.2) is 60.7 Å². The molecule has 184 valence electrons. The molecule has 0 saturated carbocycles. The Balaban J connectivity index is 1.31. The van der Waals surface area contributed by atoms with Crippen molar-refractivity contribution in [3.05, 3.63) is 71.8 Å². The molecule has 3 N–H and O–H groups in total. The third-order valence-electron chi connectivity index (χ3n) is 6.57. The highest BCUT2D eigenvalue weighted by molar-refractivity contribution is 7.98. The number of benzene rings is 2. The Labute approximate surface area is 209 Å². The number of carboxylic acids is 1. The number of carbonyl (C=O) groups is 3. The monoisotopic (exact) mass is 494 g/mol. The first-order valence-corrected chi connectivity index (χ1v) is 13.2. The molecule has 2 amide bonds. The molecule has 3 atom stereocenters. The number of hydrogen-bond donors (Lipinski definition) is 3. The molecule has 0 heterocycles. The summed E-state index contributed by atoms with van der Waals surface area (Å²) in [5.74, 6) is -1.12. The van der Waals surface area contributed by atoms with Gasteiger partial charge < -0.3 is 20.5 Å². The lowest BCUT2D eigenvalue weighted by Gasteiger charge is -2.26. The summed E-state index contributed by atoms with van der Waals surface area (Å²) in [6.45, 7) is 0.218. The number of thioether (sulfide) groups is 1. The predicted octanol–water partition coefficient (Wildman–Crippen LogP) is 4.18. The highest BCUT2D eigenvalue weighted by atomic mass is 32.2. The van der Waals surface area contributed by atoms with Crippen LogP contribution in [0.2, 0.25) is 0 Å². The number of rotatable bonds is 9. The number of alkyl carbamates (subject to hydrolysis) is 1. The average Bonchev–Trinajstić information content (AvgIpc) is 3.19. The molecule has 4 rings (SSSR count). The molecule has 0 bridgehead atoms. The third-order valence-corrected chi connectivity index (χ3v) is 7.21. The van der Waals surface area contributed by atoms with Crippen molar-refractivity contribution in [3.63, 3.8) is 0 Å². The van der Waals surface area contributed by atoms with Gasteiger partial charge in [0, 0.05) is 11.8 Å². The average molecular weight is 495 g/mol. The van der Waals surface area contributed by atoms with E-state index in [1.807, 2.05) is 42.7 Å². The Morgan fingerprint density at radius 3 is 2.37 bits per heavy atom. The van der Waals surface area contributed by atoms with E-state index >= 15 is 0 Å². The molecule has 0 aromatic heterocycles. The summed E-state index contributed by atoms with van der Waals surface area (Å²) in [6, 6.07) is 15.0. The first kappa shape index (κ1) is 24.9. The second kappa shape index (κ2) is 11.4. The number of hydrogen-bond acceptors (Lipinski definition) is 5. The van der Waals surface area contributed by atoms with E-state index in [0.717, 1.165) is 11.1 Å². The molecule has 2 aromatic rings. The van der Waals surface area contributed by atoms with Crippen LogP contribution in [0.3, 0.4) is 0 Å². The van der Waals surface area contributed by atoms with Crippen LogP contribution in [0.1, 0.15) is 36.3 Å². The minimum atomic E-state index is -1.04. The van der Waals surface area contributed by atoms with Crippen molar-refractivity contribution in [1.82, 2.24) is 10.6 Å². The normalized spacial score (nSPS) is 19.3. The van der Waals surface area contributed by atoms with E-state index < -0.39 is 24.0 Å². The maximum Gasteiger partial charge on any atom is 0.407 e. The van der Waals surface area contributed by atoms with E-state index in [-0.39, 0.29) is 24.5 Å². The second-order valence-electron chi connectivity index (χ2n) is 8.85. The number of allylic oxidation sites excluding steroid dienone is 1. The minimum absolute atomic E-state index is 0.0252. The quantitative estimate of drug-likeness (QED) is 0.452. The summed E-state index contributed by atoms with van der Waals surface area (Å²) in [6.07, 6.45) is 6.32. The molecule has 0 fully saturated rings.